The summed E-state index contributed by atoms with van der Waals surface area (Å²) >= 11 is 1.65. The number of Topliss-reactive ketones (excluding diaryl/α,β-unsaturated/α-hetero) is 1. The molecule has 1 amide bonds. The highest BCUT2D eigenvalue weighted by molar-refractivity contribution is 7.99. The summed E-state index contributed by atoms with van der Waals surface area (Å²) in [5.41, 5.74) is 5.38. The van der Waals surface area contributed by atoms with Crippen LogP contribution in [0.5, 0.6) is 11.5 Å². The Labute approximate surface area is 378 Å². The number of carbonyl (C=O) groups excluding carboxylic acids is 2. The van der Waals surface area contributed by atoms with E-state index in [0.29, 0.717) is 29.4 Å². The summed E-state index contributed by atoms with van der Waals surface area (Å²) in [5.74, 6) is 2.31. The lowest BCUT2D eigenvalue weighted by molar-refractivity contribution is -0.153. The topological polar surface area (TPSA) is 161 Å². The molecule has 64 heavy (non-hydrogen) atoms. The standard InChI is InChI=1S/C49H56N4O10S/c1-26-17-28-18-34-36(20-50)53-35(41(52(34)6)39(28)44(42(26)58-8)60-24-57-7)19-49(56)40(45-43(61-25-62-45)27(2)46(49)54)37(53)21-59-38(51-47(55)63-48(3,4)5)23-64-22-33-31-15-11-9-13-29(31)30-14-10-12-16-32(30)33/h9-17,33-38,41,56H,18-19,21-25H2,1-8H3,(H,51,55)/t34-,35?,36+,37+,38?,41-,49?/m1/s1. The van der Waals surface area contributed by atoms with Crippen molar-refractivity contribution in [3.05, 3.63) is 105 Å². The predicted molar refractivity (Wildman–Crippen MR) is 239 cm³/mol. The zero-order chi connectivity index (χ0) is 45.2. The van der Waals surface area contributed by atoms with Gasteiger partial charge in [0.15, 0.2) is 41.2 Å². The molecule has 0 spiro atoms. The molecule has 7 atom stereocenters. The Bertz CT molecular complexity index is 2430. The van der Waals surface area contributed by atoms with Crippen LogP contribution in [0, 0.1) is 18.3 Å². The number of rotatable bonds is 12. The lowest BCUT2D eigenvalue weighted by Crippen LogP contribution is -2.74. The highest BCUT2D eigenvalue weighted by atomic mass is 32.2. The third kappa shape index (κ3) is 7.32. The SMILES string of the molecule is COCOc1c(OC)c(C)cc2c1[C@H]1C3CC4(O)C(=O)C(C)=C5OCOC5=C4[C@H](COC(CSCC4c5ccccc5-c5ccccc54)NC(=O)OC(C)(C)C)N3[C@@H](C#N)[C@@H](C2)N1C. The number of nitrogens with zero attached hydrogens (tertiary/aromatic N) is 3. The number of carbonyl (C=O) groups is 2. The van der Waals surface area contributed by atoms with E-state index in [2.05, 4.69) is 75.8 Å². The fourth-order valence-electron chi connectivity index (χ4n) is 11.0. The molecule has 15 heteroatoms. The molecule has 14 nitrogen and oxygen atoms in total. The number of thioether (sulfide) groups is 1. The highest BCUT2D eigenvalue weighted by Gasteiger charge is 2.64. The van der Waals surface area contributed by atoms with E-state index >= 15 is 0 Å². The average molecular weight is 893 g/mol. The molecule has 3 aromatic carbocycles. The van der Waals surface area contributed by atoms with Gasteiger partial charge < -0.3 is 38.3 Å². The van der Waals surface area contributed by atoms with Gasteiger partial charge in [0.1, 0.15) is 17.9 Å². The first-order valence-electron chi connectivity index (χ1n) is 21.8. The van der Waals surface area contributed by atoms with Crippen LogP contribution in [0.3, 0.4) is 0 Å². The number of methoxy groups -OCH3 is 2. The largest absolute Gasteiger partial charge is 0.493 e. The van der Waals surface area contributed by atoms with E-state index in [1.54, 1.807) is 53.7 Å². The first kappa shape index (κ1) is 44.1. The van der Waals surface area contributed by atoms with E-state index in [9.17, 15) is 20.0 Å². The maximum Gasteiger partial charge on any atom is 0.409 e. The van der Waals surface area contributed by atoms with Gasteiger partial charge in [-0.1, -0.05) is 54.6 Å². The van der Waals surface area contributed by atoms with Crippen LogP contribution in [0.2, 0.25) is 0 Å². The summed E-state index contributed by atoms with van der Waals surface area (Å²) in [5, 5.41) is 27.3. The van der Waals surface area contributed by atoms with Crippen molar-refractivity contribution in [1.82, 2.24) is 15.1 Å². The second kappa shape index (κ2) is 17.0. The molecule has 0 radical (unpaired) electrons. The lowest BCUT2D eigenvalue weighted by Gasteiger charge is -2.62. The fraction of sp³-hybridized carbons (Fsp3) is 0.490. The van der Waals surface area contributed by atoms with Crippen molar-refractivity contribution in [3.63, 3.8) is 0 Å². The zero-order valence-electron chi connectivity index (χ0n) is 37.6. The number of ketones is 1. The number of amides is 1. The molecule has 6 aliphatic rings. The first-order valence-corrected chi connectivity index (χ1v) is 22.9. The first-order chi connectivity index (χ1) is 30.7. The van der Waals surface area contributed by atoms with Gasteiger partial charge in [-0.25, -0.2) is 4.79 Å². The van der Waals surface area contributed by atoms with Gasteiger partial charge in [-0.3, -0.25) is 19.9 Å². The summed E-state index contributed by atoms with van der Waals surface area (Å²) in [4.78, 5) is 32.4. The molecular formula is C49H56N4O10S. The van der Waals surface area contributed by atoms with Crippen molar-refractivity contribution in [1.29, 1.82) is 5.26 Å². The number of hydrogen-bond acceptors (Lipinski definition) is 14. The Kier molecular flexibility index (Phi) is 11.8. The van der Waals surface area contributed by atoms with Crippen LogP contribution in [0.25, 0.3) is 11.1 Å². The van der Waals surface area contributed by atoms with Crippen LogP contribution in [0.4, 0.5) is 4.79 Å². The molecule has 338 valence electrons. The maximum atomic E-state index is 14.7. The average Bonchev–Trinajstić information content (AvgIpc) is 3.87. The molecule has 0 saturated carbocycles. The minimum absolute atomic E-state index is 0.0373. The van der Waals surface area contributed by atoms with E-state index in [-0.39, 0.29) is 61.2 Å². The normalized spacial score (nSPS) is 26.3. The quantitative estimate of drug-likeness (QED) is 0.190. The summed E-state index contributed by atoms with van der Waals surface area (Å²) in [6.07, 6.45) is -1.08. The number of aryl methyl sites for hydroxylation is 1. The highest BCUT2D eigenvalue weighted by Crippen LogP contribution is 2.57. The Balaban J connectivity index is 1.10. The molecule has 3 unspecified atom stereocenters. The van der Waals surface area contributed by atoms with Gasteiger partial charge in [0, 0.05) is 59.7 Å². The summed E-state index contributed by atoms with van der Waals surface area (Å²) < 4.78 is 42.3. The summed E-state index contributed by atoms with van der Waals surface area (Å²) in [7, 11) is 5.13. The van der Waals surface area contributed by atoms with Gasteiger partial charge in [0.2, 0.25) is 6.79 Å². The smallest absolute Gasteiger partial charge is 0.409 e. The minimum atomic E-state index is -2.05. The Morgan fingerprint density at radius 3 is 2.39 bits per heavy atom. The molecule has 2 N–H and O–H groups in total. The van der Waals surface area contributed by atoms with Gasteiger partial charge >= 0.3 is 6.09 Å². The maximum absolute atomic E-state index is 14.7. The molecule has 0 aromatic heterocycles. The lowest BCUT2D eigenvalue weighted by atomic mass is 9.65. The predicted octanol–water partition coefficient (Wildman–Crippen LogP) is 6.49. The second-order valence-electron chi connectivity index (χ2n) is 18.4. The van der Waals surface area contributed by atoms with Crippen LogP contribution >= 0.6 is 11.8 Å². The molecule has 3 fully saturated rings. The van der Waals surface area contributed by atoms with Crippen molar-refractivity contribution in [2.75, 3.05) is 53.0 Å². The van der Waals surface area contributed by atoms with Crippen LogP contribution in [-0.2, 0) is 34.9 Å². The van der Waals surface area contributed by atoms with Crippen molar-refractivity contribution in [2.24, 2.45) is 0 Å². The zero-order valence-corrected chi connectivity index (χ0v) is 38.4. The van der Waals surface area contributed by atoms with E-state index in [1.807, 2.05) is 14.0 Å². The molecular weight excluding hydrogens is 837 g/mol. The molecule has 2 bridgehead atoms. The number of fused-ring (bicyclic) bond motifs is 11. The number of ether oxygens (including phenoxy) is 7. The Morgan fingerprint density at radius 2 is 1.73 bits per heavy atom. The van der Waals surface area contributed by atoms with Crippen LogP contribution in [0.1, 0.15) is 73.9 Å². The second-order valence-corrected chi connectivity index (χ2v) is 19.5. The van der Waals surface area contributed by atoms with Crippen molar-refractivity contribution >= 4 is 23.6 Å². The van der Waals surface area contributed by atoms with E-state index in [0.717, 1.165) is 16.7 Å². The van der Waals surface area contributed by atoms with E-state index in [4.69, 9.17) is 33.2 Å². The third-order valence-corrected chi connectivity index (χ3v) is 14.6. The molecule has 3 aromatic rings. The van der Waals surface area contributed by atoms with Crippen LogP contribution < -0.4 is 14.8 Å². The number of piperazine rings is 1. The van der Waals surface area contributed by atoms with Gasteiger partial charge in [-0.05, 0) is 81.5 Å². The monoisotopic (exact) mass is 892 g/mol. The number of benzene rings is 3. The minimum Gasteiger partial charge on any atom is -0.493 e. The van der Waals surface area contributed by atoms with Gasteiger partial charge in [0.05, 0.1) is 31.9 Å². The van der Waals surface area contributed by atoms with Crippen LogP contribution in [0.15, 0.2) is 77.3 Å². The fourth-order valence-corrected chi connectivity index (χ4v) is 12.2. The number of nitrogens with one attached hydrogen (secondary N) is 1. The number of hydrogen-bond donors (Lipinski definition) is 2. The summed E-state index contributed by atoms with van der Waals surface area (Å²) in [6.45, 7) is 8.69. The number of nitriles is 1. The molecule has 2 aliphatic carbocycles. The summed E-state index contributed by atoms with van der Waals surface area (Å²) in [6, 6.07) is 18.6. The van der Waals surface area contributed by atoms with Crippen molar-refractivity contribution in [3.8, 4) is 28.7 Å². The molecule has 4 heterocycles. The molecule has 3 saturated heterocycles. The molecule has 4 aliphatic heterocycles. The van der Waals surface area contributed by atoms with Gasteiger partial charge in [-0.2, -0.15) is 17.0 Å². The third-order valence-electron chi connectivity index (χ3n) is 13.5. The van der Waals surface area contributed by atoms with Crippen molar-refractivity contribution in [2.45, 2.75) is 101 Å². The van der Waals surface area contributed by atoms with E-state index < -0.39 is 53.5 Å². The van der Waals surface area contributed by atoms with E-state index in [1.165, 1.54) is 22.3 Å². The number of aliphatic hydroxyl groups is 1. The van der Waals surface area contributed by atoms with Gasteiger partial charge in [0.25, 0.3) is 0 Å². The number of likely N-dealkylation sites (N-methyl/N-ethyl adjacent to an activating group) is 1. The Hall–Kier alpha value is -5.08. The van der Waals surface area contributed by atoms with Gasteiger partial charge in [-0.15, -0.1) is 0 Å². The number of alkyl carbamates (subject to hydrolysis) is 1. The van der Waals surface area contributed by atoms with Crippen molar-refractivity contribution < 1.29 is 47.9 Å². The Morgan fingerprint density at radius 1 is 1.05 bits per heavy atom. The molecule has 9 rings (SSSR count). The van der Waals surface area contributed by atoms with Crippen LogP contribution in [-0.4, -0.2) is 121 Å². The number of piperidine rings is 1.